The molecule has 0 radical (unpaired) electrons. The molecule has 0 amide bonds. The molecule has 0 fully saturated rings. The molecule has 1 unspecified atom stereocenters. The lowest BCUT2D eigenvalue weighted by molar-refractivity contribution is 0.334. The van der Waals surface area contributed by atoms with Crippen LogP contribution in [0.25, 0.3) is 17.2 Å². The van der Waals surface area contributed by atoms with Crippen LogP contribution in [-0.2, 0) is 0 Å². The maximum absolute atomic E-state index is 9.96. The Morgan fingerprint density at radius 3 is 2.50 bits per heavy atom. The van der Waals surface area contributed by atoms with Crippen LogP contribution in [0.3, 0.4) is 0 Å². The van der Waals surface area contributed by atoms with Crippen molar-refractivity contribution < 1.29 is 4.74 Å². The highest BCUT2D eigenvalue weighted by molar-refractivity contribution is 5.67. The number of hydrogen-bond acceptors (Lipinski definition) is 7. The number of rotatable bonds is 4. The van der Waals surface area contributed by atoms with Crippen LogP contribution < -0.4 is 10.5 Å². The van der Waals surface area contributed by atoms with Gasteiger partial charge in [0.05, 0.1) is 23.9 Å². The van der Waals surface area contributed by atoms with Gasteiger partial charge in [0.1, 0.15) is 17.3 Å². The number of nitriles is 1. The van der Waals surface area contributed by atoms with E-state index in [0.29, 0.717) is 23.0 Å². The van der Waals surface area contributed by atoms with Crippen molar-refractivity contribution in [3.05, 3.63) is 84.0 Å². The van der Waals surface area contributed by atoms with Gasteiger partial charge in [0.25, 0.3) is 0 Å². The highest BCUT2D eigenvalue weighted by atomic mass is 16.5. The minimum atomic E-state index is -0.466. The SMILES string of the molecule is CC(C)n1nc(-c2ncccn2)c2c1OC(N)=C(C#N)C2c1ccc(-n2ccnc2)cc1. The molecule has 158 valence electrons. The van der Waals surface area contributed by atoms with Gasteiger partial charge in [0.2, 0.25) is 11.8 Å². The van der Waals surface area contributed by atoms with E-state index in [1.54, 1.807) is 35.7 Å². The summed E-state index contributed by atoms with van der Waals surface area (Å²) in [5.74, 6) is 0.574. The average molecular weight is 424 g/mol. The molecule has 0 saturated heterocycles. The molecule has 1 atom stereocenters. The van der Waals surface area contributed by atoms with Crippen molar-refractivity contribution in [2.24, 2.45) is 5.73 Å². The third-order valence-corrected chi connectivity index (χ3v) is 5.37. The average Bonchev–Trinajstić information content (AvgIpc) is 3.47. The van der Waals surface area contributed by atoms with Crippen LogP contribution in [0.15, 0.2) is 72.9 Å². The Labute approximate surface area is 184 Å². The fourth-order valence-corrected chi connectivity index (χ4v) is 3.88. The van der Waals surface area contributed by atoms with Gasteiger partial charge < -0.3 is 15.0 Å². The Balaban J connectivity index is 1.72. The van der Waals surface area contributed by atoms with E-state index < -0.39 is 5.92 Å². The minimum Gasteiger partial charge on any atom is -0.422 e. The van der Waals surface area contributed by atoms with Gasteiger partial charge in [-0.25, -0.2) is 19.6 Å². The number of ether oxygens (including phenoxy) is 1. The highest BCUT2D eigenvalue weighted by Gasteiger charge is 2.38. The van der Waals surface area contributed by atoms with E-state index >= 15 is 0 Å². The first kappa shape index (κ1) is 19.5. The zero-order valence-electron chi connectivity index (χ0n) is 17.5. The Kier molecular flexibility index (Phi) is 4.67. The van der Waals surface area contributed by atoms with Gasteiger partial charge in [-0.05, 0) is 37.6 Å². The molecule has 1 aliphatic rings. The number of nitrogens with two attached hydrogens (primary N) is 1. The first-order chi connectivity index (χ1) is 15.6. The van der Waals surface area contributed by atoms with Crippen molar-refractivity contribution in [2.45, 2.75) is 25.8 Å². The normalized spacial score (nSPS) is 15.4. The molecular formula is C23H20N8O. The van der Waals surface area contributed by atoms with Gasteiger partial charge in [-0.1, -0.05) is 12.1 Å². The van der Waals surface area contributed by atoms with Crippen molar-refractivity contribution in [1.82, 2.24) is 29.3 Å². The van der Waals surface area contributed by atoms with E-state index in [9.17, 15) is 5.26 Å². The second-order valence-corrected chi connectivity index (χ2v) is 7.66. The lowest BCUT2D eigenvalue weighted by Gasteiger charge is -2.25. The zero-order valence-corrected chi connectivity index (χ0v) is 17.5. The van der Waals surface area contributed by atoms with Crippen molar-refractivity contribution in [3.63, 3.8) is 0 Å². The summed E-state index contributed by atoms with van der Waals surface area (Å²) >= 11 is 0. The maximum atomic E-state index is 9.96. The molecule has 1 aromatic carbocycles. The van der Waals surface area contributed by atoms with Crippen molar-refractivity contribution >= 4 is 0 Å². The molecular weight excluding hydrogens is 404 g/mol. The van der Waals surface area contributed by atoms with Crippen LogP contribution >= 0.6 is 0 Å². The third-order valence-electron chi connectivity index (χ3n) is 5.37. The summed E-state index contributed by atoms with van der Waals surface area (Å²) in [6.45, 7) is 4.00. The van der Waals surface area contributed by atoms with E-state index in [1.165, 1.54) is 0 Å². The zero-order chi connectivity index (χ0) is 22.2. The summed E-state index contributed by atoms with van der Waals surface area (Å²) in [6.07, 6.45) is 8.66. The van der Waals surface area contributed by atoms with E-state index in [2.05, 4.69) is 21.0 Å². The quantitative estimate of drug-likeness (QED) is 0.533. The number of fused-ring (bicyclic) bond motifs is 1. The molecule has 2 N–H and O–H groups in total. The Morgan fingerprint density at radius 2 is 1.88 bits per heavy atom. The van der Waals surface area contributed by atoms with Gasteiger partial charge in [-0.2, -0.15) is 10.4 Å². The second kappa shape index (κ2) is 7.67. The van der Waals surface area contributed by atoms with Crippen LogP contribution in [0, 0.1) is 11.3 Å². The molecule has 4 heterocycles. The van der Waals surface area contributed by atoms with Crippen LogP contribution in [0.1, 0.15) is 36.9 Å². The molecule has 9 nitrogen and oxygen atoms in total. The standard InChI is InChI=1S/C23H20N8O/c1-14(2)31-23-19(20(29-31)22-27-8-3-9-28-22)18(17(12-24)21(25)32-23)15-4-6-16(7-5-15)30-11-10-26-13-30/h3-11,13-14,18H,25H2,1-2H3. The molecule has 5 rings (SSSR count). The number of allylic oxidation sites excluding steroid dienone is 1. The fourth-order valence-electron chi connectivity index (χ4n) is 3.88. The van der Waals surface area contributed by atoms with Crippen molar-refractivity contribution in [3.8, 4) is 29.2 Å². The Bertz CT molecular complexity index is 1330. The number of imidazole rings is 1. The fraction of sp³-hybridized carbons (Fsp3) is 0.174. The smallest absolute Gasteiger partial charge is 0.225 e. The van der Waals surface area contributed by atoms with Gasteiger partial charge in [-0.15, -0.1) is 0 Å². The molecule has 0 bridgehead atoms. The maximum Gasteiger partial charge on any atom is 0.225 e. The Hall–Kier alpha value is -4.45. The summed E-state index contributed by atoms with van der Waals surface area (Å²) < 4.78 is 9.60. The van der Waals surface area contributed by atoms with E-state index in [0.717, 1.165) is 16.8 Å². The van der Waals surface area contributed by atoms with Crippen LogP contribution in [0.2, 0.25) is 0 Å². The van der Waals surface area contributed by atoms with Crippen LogP contribution in [0.5, 0.6) is 5.88 Å². The molecule has 0 aliphatic carbocycles. The molecule has 0 spiro atoms. The molecule has 0 saturated carbocycles. The monoisotopic (exact) mass is 424 g/mol. The van der Waals surface area contributed by atoms with E-state index in [-0.39, 0.29) is 11.9 Å². The largest absolute Gasteiger partial charge is 0.422 e. The second-order valence-electron chi connectivity index (χ2n) is 7.66. The first-order valence-corrected chi connectivity index (χ1v) is 10.1. The number of aromatic nitrogens is 6. The molecule has 1 aliphatic heterocycles. The summed E-state index contributed by atoms with van der Waals surface area (Å²) in [6, 6.07) is 11.9. The minimum absolute atomic E-state index is 0.00177. The first-order valence-electron chi connectivity index (χ1n) is 10.1. The lowest BCUT2D eigenvalue weighted by atomic mass is 9.83. The number of benzene rings is 1. The van der Waals surface area contributed by atoms with Gasteiger partial charge >= 0.3 is 0 Å². The number of hydrogen-bond donors (Lipinski definition) is 1. The summed E-state index contributed by atoms with van der Waals surface area (Å²) in [5, 5.41) is 14.7. The van der Waals surface area contributed by atoms with Gasteiger partial charge in [0.15, 0.2) is 5.82 Å². The van der Waals surface area contributed by atoms with E-state index in [4.69, 9.17) is 15.6 Å². The van der Waals surface area contributed by atoms with Crippen molar-refractivity contribution in [2.75, 3.05) is 0 Å². The van der Waals surface area contributed by atoms with E-state index in [1.807, 2.05) is 48.9 Å². The third kappa shape index (κ3) is 3.09. The van der Waals surface area contributed by atoms with Gasteiger partial charge in [-0.3, -0.25) is 0 Å². The Morgan fingerprint density at radius 1 is 1.12 bits per heavy atom. The summed E-state index contributed by atoms with van der Waals surface area (Å²) in [4.78, 5) is 12.9. The van der Waals surface area contributed by atoms with Crippen LogP contribution in [0.4, 0.5) is 0 Å². The predicted molar refractivity (Wildman–Crippen MR) is 116 cm³/mol. The summed E-state index contributed by atoms with van der Waals surface area (Å²) in [5.41, 5.74) is 9.67. The lowest BCUT2D eigenvalue weighted by Crippen LogP contribution is -2.22. The van der Waals surface area contributed by atoms with Gasteiger partial charge in [0, 0.05) is 30.5 Å². The molecule has 32 heavy (non-hydrogen) atoms. The molecule has 9 heteroatoms. The topological polar surface area (TPSA) is 120 Å². The van der Waals surface area contributed by atoms with Crippen molar-refractivity contribution in [1.29, 1.82) is 5.26 Å². The van der Waals surface area contributed by atoms with Crippen LogP contribution in [-0.4, -0.2) is 29.3 Å². The highest BCUT2D eigenvalue weighted by Crippen LogP contribution is 2.47. The molecule has 4 aromatic rings. The molecule has 3 aromatic heterocycles. The summed E-state index contributed by atoms with van der Waals surface area (Å²) in [7, 11) is 0. The predicted octanol–water partition coefficient (Wildman–Crippen LogP) is 3.32. The number of nitrogens with zero attached hydrogens (tertiary/aromatic N) is 7.